The molecule has 1 aromatic carbocycles. The summed E-state index contributed by atoms with van der Waals surface area (Å²) in [5.74, 6) is 0.480. The molecule has 2 aromatic rings. The third kappa shape index (κ3) is 3.67. The maximum absolute atomic E-state index is 13.0. The fraction of sp³-hybridized carbons (Fsp3) is 0.565. The molecule has 1 aromatic heterocycles. The number of amides is 2. The quantitative estimate of drug-likeness (QED) is 0.853. The minimum atomic E-state index is 0.0826. The Morgan fingerprint density at radius 2 is 1.61 bits per heavy atom. The lowest BCUT2D eigenvalue weighted by Crippen LogP contribution is -2.44. The molecule has 0 atom stereocenters. The Hall–Kier alpha value is -2.30. The summed E-state index contributed by atoms with van der Waals surface area (Å²) in [5, 5.41) is 1.12. The first-order valence-electron chi connectivity index (χ1n) is 10.7. The van der Waals surface area contributed by atoms with E-state index >= 15 is 0 Å². The third-order valence-corrected chi connectivity index (χ3v) is 6.60. The van der Waals surface area contributed by atoms with Gasteiger partial charge < -0.3 is 14.8 Å². The van der Waals surface area contributed by atoms with Crippen LogP contribution in [0.2, 0.25) is 0 Å². The summed E-state index contributed by atoms with van der Waals surface area (Å²) in [4.78, 5) is 33.2. The second kappa shape index (κ2) is 7.98. The van der Waals surface area contributed by atoms with Gasteiger partial charge in [0.1, 0.15) is 0 Å². The van der Waals surface area contributed by atoms with Gasteiger partial charge in [0, 0.05) is 54.3 Å². The highest BCUT2D eigenvalue weighted by Gasteiger charge is 2.30. The van der Waals surface area contributed by atoms with Crippen LogP contribution < -0.4 is 0 Å². The number of hydrogen-bond acceptors (Lipinski definition) is 2. The number of nitrogens with zero attached hydrogens (tertiary/aromatic N) is 2. The number of aryl methyl sites for hydroxylation is 2. The van der Waals surface area contributed by atoms with Gasteiger partial charge in [0.05, 0.1) is 0 Å². The summed E-state index contributed by atoms with van der Waals surface area (Å²) in [6.07, 6.45) is 6.30. The number of likely N-dealkylation sites (tertiary alicyclic amines) is 2. The van der Waals surface area contributed by atoms with E-state index in [1.54, 1.807) is 0 Å². The van der Waals surface area contributed by atoms with Crippen LogP contribution in [0.4, 0.5) is 0 Å². The average molecular weight is 382 g/mol. The number of carbonyl (C=O) groups is 2. The molecule has 3 heterocycles. The van der Waals surface area contributed by atoms with Gasteiger partial charge in [0.25, 0.3) is 5.91 Å². The van der Waals surface area contributed by atoms with Crippen LogP contribution in [0, 0.1) is 19.8 Å². The Morgan fingerprint density at radius 1 is 0.929 bits per heavy atom. The molecule has 2 saturated heterocycles. The van der Waals surface area contributed by atoms with Crippen LogP contribution in [0.15, 0.2) is 18.2 Å². The summed E-state index contributed by atoms with van der Waals surface area (Å²) in [7, 11) is 0. The summed E-state index contributed by atoms with van der Waals surface area (Å²) in [6.45, 7) is 7.31. The van der Waals surface area contributed by atoms with Crippen molar-refractivity contribution in [2.75, 3.05) is 26.2 Å². The van der Waals surface area contributed by atoms with Crippen molar-refractivity contribution < 1.29 is 9.59 Å². The van der Waals surface area contributed by atoms with Crippen LogP contribution in [-0.2, 0) is 4.79 Å². The van der Waals surface area contributed by atoms with Crippen molar-refractivity contribution >= 4 is 22.7 Å². The van der Waals surface area contributed by atoms with E-state index in [4.69, 9.17) is 0 Å². The van der Waals surface area contributed by atoms with Crippen molar-refractivity contribution in [2.24, 2.45) is 5.92 Å². The molecule has 0 unspecified atom stereocenters. The Balaban J connectivity index is 1.40. The number of aromatic amines is 1. The molecule has 1 N–H and O–H groups in total. The van der Waals surface area contributed by atoms with Gasteiger partial charge in [0.15, 0.2) is 0 Å². The molecule has 2 amide bonds. The van der Waals surface area contributed by atoms with Gasteiger partial charge in [-0.05, 0) is 63.3 Å². The highest BCUT2D eigenvalue weighted by Crippen LogP contribution is 2.26. The Kier molecular flexibility index (Phi) is 5.42. The SMILES string of the molecule is Cc1[nH]c2ccc(C(=O)N3CCC(C(=O)N4CCCCCC4)CC3)cc2c1C. The number of hydrogen-bond donors (Lipinski definition) is 1. The van der Waals surface area contributed by atoms with Crippen LogP contribution in [0.5, 0.6) is 0 Å². The van der Waals surface area contributed by atoms with Crippen LogP contribution in [0.1, 0.15) is 60.1 Å². The topological polar surface area (TPSA) is 56.4 Å². The number of piperidine rings is 1. The zero-order valence-electron chi connectivity index (χ0n) is 17.1. The second-order valence-corrected chi connectivity index (χ2v) is 8.44. The van der Waals surface area contributed by atoms with E-state index in [-0.39, 0.29) is 11.8 Å². The summed E-state index contributed by atoms with van der Waals surface area (Å²) < 4.78 is 0. The number of rotatable bonds is 2. The van der Waals surface area contributed by atoms with Gasteiger partial charge in [0.2, 0.25) is 5.91 Å². The predicted molar refractivity (Wildman–Crippen MR) is 111 cm³/mol. The zero-order valence-corrected chi connectivity index (χ0v) is 17.1. The maximum atomic E-state index is 13.0. The monoisotopic (exact) mass is 381 g/mol. The predicted octanol–water partition coefficient (Wildman–Crippen LogP) is 4.04. The van der Waals surface area contributed by atoms with Gasteiger partial charge in [-0.2, -0.15) is 0 Å². The van der Waals surface area contributed by atoms with Gasteiger partial charge in [-0.3, -0.25) is 9.59 Å². The van der Waals surface area contributed by atoms with E-state index in [9.17, 15) is 9.59 Å². The number of carbonyl (C=O) groups excluding carboxylic acids is 2. The summed E-state index contributed by atoms with van der Waals surface area (Å²) in [5.41, 5.74) is 4.17. The lowest BCUT2D eigenvalue weighted by molar-refractivity contribution is -0.136. The molecule has 2 aliphatic rings. The standard InChI is InChI=1S/C23H31N3O2/c1-16-17(2)24-21-8-7-19(15-20(16)21)23(28)26-13-9-18(10-14-26)22(27)25-11-5-3-4-6-12-25/h7-8,15,18,24H,3-6,9-14H2,1-2H3. The van der Waals surface area contributed by atoms with Crippen molar-refractivity contribution in [3.8, 4) is 0 Å². The Labute approximate surface area is 167 Å². The van der Waals surface area contributed by atoms with E-state index in [0.29, 0.717) is 19.0 Å². The van der Waals surface area contributed by atoms with Gasteiger partial charge in [-0.25, -0.2) is 0 Å². The minimum Gasteiger partial charge on any atom is -0.358 e. The first-order chi connectivity index (χ1) is 13.5. The minimum absolute atomic E-state index is 0.0826. The number of nitrogens with one attached hydrogen (secondary N) is 1. The van der Waals surface area contributed by atoms with Crippen LogP contribution in [0.3, 0.4) is 0 Å². The van der Waals surface area contributed by atoms with E-state index < -0.39 is 0 Å². The molecule has 0 aliphatic carbocycles. The van der Waals surface area contributed by atoms with Crippen LogP contribution >= 0.6 is 0 Å². The molecule has 0 radical (unpaired) electrons. The second-order valence-electron chi connectivity index (χ2n) is 8.44. The molecule has 28 heavy (non-hydrogen) atoms. The first kappa shape index (κ1) is 19.0. The van der Waals surface area contributed by atoms with Crippen molar-refractivity contribution in [2.45, 2.75) is 52.4 Å². The highest BCUT2D eigenvalue weighted by molar-refractivity contribution is 5.99. The van der Waals surface area contributed by atoms with E-state index in [1.807, 2.05) is 23.1 Å². The Bertz CT molecular complexity index is 869. The molecule has 5 nitrogen and oxygen atoms in total. The number of H-pyrrole nitrogens is 1. The van der Waals surface area contributed by atoms with Crippen molar-refractivity contribution in [3.05, 3.63) is 35.0 Å². The maximum Gasteiger partial charge on any atom is 0.253 e. The molecule has 5 heteroatoms. The van der Waals surface area contributed by atoms with Crippen LogP contribution in [0.25, 0.3) is 10.9 Å². The highest BCUT2D eigenvalue weighted by atomic mass is 16.2. The summed E-state index contributed by atoms with van der Waals surface area (Å²) in [6, 6.07) is 5.91. The molecule has 0 spiro atoms. The molecular formula is C23H31N3O2. The van der Waals surface area contributed by atoms with Crippen LogP contribution in [-0.4, -0.2) is 52.8 Å². The normalized spacial score (nSPS) is 19.1. The van der Waals surface area contributed by atoms with Crippen molar-refractivity contribution in [1.29, 1.82) is 0 Å². The summed E-state index contributed by atoms with van der Waals surface area (Å²) >= 11 is 0. The van der Waals surface area contributed by atoms with Gasteiger partial charge in [-0.15, -0.1) is 0 Å². The molecule has 2 fully saturated rings. The fourth-order valence-electron chi connectivity index (χ4n) is 4.66. The zero-order chi connectivity index (χ0) is 19.7. The van der Waals surface area contributed by atoms with Crippen molar-refractivity contribution in [3.63, 3.8) is 0 Å². The Morgan fingerprint density at radius 3 is 2.29 bits per heavy atom. The van der Waals surface area contributed by atoms with E-state index in [0.717, 1.165) is 60.9 Å². The van der Waals surface area contributed by atoms with Crippen molar-refractivity contribution in [1.82, 2.24) is 14.8 Å². The molecule has 0 bridgehead atoms. The lowest BCUT2D eigenvalue weighted by atomic mass is 9.94. The third-order valence-electron chi connectivity index (χ3n) is 6.60. The molecule has 0 saturated carbocycles. The number of aromatic nitrogens is 1. The number of fused-ring (bicyclic) bond motifs is 1. The first-order valence-corrected chi connectivity index (χ1v) is 10.7. The smallest absolute Gasteiger partial charge is 0.253 e. The largest absolute Gasteiger partial charge is 0.358 e. The average Bonchev–Trinajstić information content (AvgIpc) is 2.91. The molecule has 2 aliphatic heterocycles. The van der Waals surface area contributed by atoms with Gasteiger partial charge in [-0.1, -0.05) is 12.8 Å². The molecule has 4 rings (SSSR count). The molecular weight excluding hydrogens is 350 g/mol. The van der Waals surface area contributed by atoms with Gasteiger partial charge >= 0.3 is 0 Å². The number of benzene rings is 1. The lowest BCUT2D eigenvalue weighted by Gasteiger charge is -2.34. The molecule has 150 valence electrons. The van der Waals surface area contributed by atoms with E-state index in [2.05, 4.69) is 23.7 Å². The van der Waals surface area contributed by atoms with E-state index in [1.165, 1.54) is 18.4 Å². The fourth-order valence-corrected chi connectivity index (χ4v) is 4.66.